The van der Waals surface area contributed by atoms with Gasteiger partial charge in [-0.25, -0.2) is 0 Å². The molecule has 0 heterocycles. The lowest BCUT2D eigenvalue weighted by Gasteiger charge is -2.29. The molecule has 0 saturated heterocycles. The van der Waals surface area contributed by atoms with E-state index in [1.54, 1.807) is 0 Å². The number of phosphoric ester groups is 1. The summed E-state index contributed by atoms with van der Waals surface area (Å²) >= 11 is 0. The van der Waals surface area contributed by atoms with E-state index in [2.05, 4.69) is 46.6 Å². The average Bonchev–Trinajstić information content (AvgIpc) is 3.01. The smallest absolute Gasteiger partial charge is 0.0804 e. The minimum Gasteiger partial charge on any atom is -0.790 e. The minimum atomic E-state index is -4.70. The molecule has 0 spiro atoms. The first-order chi connectivity index (χ1) is 22.3. The largest absolute Gasteiger partial charge is 0.790 e. The summed E-state index contributed by atoms with van der Waals surface area (Å²) < 4.78 is 15.8. The number of hydrogen-bond acceptors (Lipinski definition) is 6. The highest BCUT2D eigenvalue weighted by atomic mass is 31.2. The fourth-order valence-electron chi connectivity index (χ4n) is 5.60. The molecule has 0 aliphatic rings. The van der Waals surface area contributed by atoms with Crippen molar-refractivity contribution < 1.29 is 38.1 Å². The highest BCUT2D eigenvalue weighted by Gasteiger charge is 2.14. The molecule has 0 atom stereocenters. The molecule has 8 nitrogen and oxygen atoms in total. The van der Waals surface area contributed by atoms with Gasteiger partial charge in [-0.15, -0.1) is 0 Å². The van der Waals surface area contributed by atoms with Crippen LogP contribution < -0.4 is 9.79 Å². The molecule has 0 aliphatic heterocycles. The molecule has 2 N–H and O–H groups in total. The second kappa shape index (κ2) is 37.2. The molecule has 0 amide bonds. The Labute approximate surface area is 294 Å². The maximum Gasteiger partial charge on any atom is 0.0804 e. The Bertz CT molecular complexity index is 606. The van der Waals surface area contributed by atoms with Crippen molar-refractivity contribution in [1.29, 1.82) is 0 Å². The molecule has 0 bridgehead atoms. The van der Waals surface area contributed by atoms with Gasteiger partial charge in [0.25, 0.3) is 0 Å². The van der Waals surface area contributed by atoms with Gasteiger partial charge >= 0.3 is 0 Å². The van der Waals surface area contributed by atoms with Gasteiger partial charge < -0.3 is 38.1 Å². The van der Waals surface area contributed by atoms with Crippen molar-refractivity contribution in [2.75, 3.05) is 74.2 Å². The minimum absolute atomic E-state index is 0.0147. The number of unbranched alkanes of at least 4 members (excludes halogenated alkanes) is 19. The molecule has 0 aromatic heterocycles. The highest BCUT2D eigenvalue weighted by molar-refractivity contribution is 7.43. The van der Waals surface area contributed by atoms with E-state index < -0.39 is 7.82 Å². The van der Waals surface area contributed by atoms with Crippen LogP contribution in [0, 0.1) is 0 Å². The Morgan fingerprint density at radius 1 is 0.447 bits per heavy atom. The maximum absolute atomic E-state index is 9.76. The van der Waals surface area contributed by atoms with Crippen molar-refractivity contribution in [3.63, 3.8) is 0 Å². The molecule has 0 aromatic rings. The molecule has 0 radical (unpaired) electrons. The third-order valence-corrected chi connectivity index (χ3v) is 9.32. The summed E-state index contributed by atoms with van der Waals surface area (Å²) in [6, 6.07) is 0. The van der Waals surface area contributed by atoms with Crippen LogP contribution >= 0.6 is 7.82 Å². The predicted octanol–water partition coefficient (Wildman–Crippen LogP) is 8.36. The predicted molar refractivity (Wildman–Crippen MR) is 199 cm³/mol. The van der Waals surface area contributed by atoms with Crippen LogP contribution in [0.15, 0.2) is 0 Å². The van der Waals surface area contributed by atoms with E-state index in [-0.39, 0.29) is 6.61 Å². The monoisotopic (exact) mass is 697 g/mol. The van der Waals surface area contributed by atoms with Crippen molar-refractivity contribution >= 4 is 7.82 Å². The number of rotatable bonds is 32. The maximum atomic E-state index is 9.76. The quantitative estimate of drug-likeness (QED) is 0.0415. The molecule has 288 valence electrons. The first-order valence-electron chi connectivity index (χ1n) is 19.8. The molecule has 0 unspecified atom stereocenters. The van der Waals surface area contributed by atoms with Crippen molar-refractivity contribution in [3.05, 3.63) is 0 Å². The highest BCUT2D eigenvalue weighted by Crippen LogP contribution is 2.24. The van der Waals surface area contributed by atoms with Crippen LogP contribution in [0.2, 0.25) is 0 Å². The molecule has 0 aromatic carbocycles. The topological polar surface area (TPSA) is 113 Å². The van der Waals surface area contributed by atoms with E-state index in [1.165, 1.54) is 142 Å². The summed E-state index contributed by atoms with van der Waals surface area (Å²) in [6.45, 7) is 11.8. The molecule has 0 saturated carbocycles. The van der Waals surface area contributed by atoms with Gasteiger partial charge in [0.15, 0.2) is 0 Å². The second-order valence-corrected chi connectivity index (χ2v) is 16.1. The molecular formula is C38H85N2O6P. The van der Waals surface area contributed by atoms with Crippen molar-refractivity contribution in [3.8, 4) is 0 Å². The number of hydrogen-bond donors (Lipinski definition) is 2. The lowest BCUT2D eigenvalue weighted by Crippen LogP contribution is -2.41. The Morgan fingerprint density at radius 3 is 0.957 bits per heavy atom. The van der Waals surface area contributed by atoms with Gasteiger partial charge in [-0.1, -0.05) is 130 Å². The summed E-state index contributed by atoms with van der Waals surface area (Å²) in [4.78, 5) is 19.5. The van der Waals surface area contributed by atoms with Crippen molar-refractivity contribution in [1.82, 2.24) is 0 Å². The zero-order valence-electron chi connectivity index (χ0n) is 32.8. The fourth-order valence-corrected chi connectivity index (χ4v) is 5.95. The Hall–Kier alpha value is -0.0500. The summed E-state index contributed by atoms with van der Waals surface area (Å²) in [5.74, 6) is 0. The number of phosphoric acid groups is 1. The number of aliphatic hydroxyl groups is 2. The molecule has 47 heavy (non-hydrogen) atoms. The van der Waals surface area contributed by atoms with Gasteiger partial charge in [-0.3, -0.25) is 0 Å². The summed E-state index contributed by atoms with van der Waals surface area (Å²) in [5, 5.41) is 17.7. The van der Waals surface area contributed by atoms with Gasteiger partial charge in [-0.05, 0) is 32.1 Å². The zero-order chi connectivity index (χ0) is 36.1. The third kappa shape index (κ3) is 50.4. The van der Waals surface area contributed by atoms with Crippen LogP contribution in [0.5, 0.6) is 0 Å². The van der Waals surface area contributed by atoms with E-state index in [4.69, 9.17) is 10.2 Å². The van der Waals surface area contributed by atoms with Gasteiger partial charge in [-0.2, -0.15) is 0 Å². The summed E-state index contributed by atoms with van der Waals surface area (Å²) in [7, 11) is 4.43. The first-order valence-corrected chi connectivity index (χ1v) is 21.3. The number of nitrogens with zero attached hydrogens (tertiary/aromatic N) is 2. The van der Waals surface area contributed by atoms with E-state index in [0.29, 0.717) is 19.6 Å². The van der Waals surface area contributed by atoms with Crippen LogP contribution in [0.4, 0.5) is 0 Å². The standard InChI is InChI=1S/2C17H38NO.C4H11O4P/c2*1-4-5-6-7-8-9-10-11-12-13-15-18(2,3)16-14-17-19;1-2-3-4-8-9(5,6)7/h2*19H,4-17H2,1-3H3;2-4H2,1H3,(H2,5,6,7)/q2*+1;/p-2. The van der Waals surface area contributed by atoms with E-state index in [9.17, 15) is 14.4 Å². The Morgan fingerprint density at radius 2 is 0.702 bits per heavy atom. The van der Waals surface area contributed by atoms with Crippen molar-refractivity contribution in [2.45, 2.75) is 175 Å². The normalized spacial score (nSPS) is 12.0. The Balaban J connectivity index is -0.000000658. The second-order valence-electron chi connectivity index (χ2n) is 14.9. The van der Waals surface area contributed by atoms with Crippen molar-refractivity contribution in [2.24, 2.45) is 0 Å². The Kier molecular flexibility index (Phi) is 40.6. The first kappa shape index (κ1) is 51.3. The van der Waals surface area contributed by atoms with Gasteiger partial charge in [0, 0.05) is 26.1 Å². The third-order valence-electron chi connectivity index (χ3n) is 8.82. The SMILES string of the molecule is CCCCCCCCCCCC[N+](C)(C)CCCO.CCCCCCCCCCCC[N+](C)(C)CCCO.CCCCOP(=O)([O-])[O-]. The number of aliphatic hydroxyl groups excluding tert-OH is 2. The summed E-state index contributed by atoms with van der Waals surface area (Å²) in [6.07, 6.45) is 31.5. The van der Waals surface area contributed by atoms with E-state index in [1.807, 2.05) is 6.92 Å². The molecule has 0 rings (SSSR count). The molecule has 0 aliphatic carbocycles. The van der Waals surface area contributed by atoms with Gasteiger partial charge in [0.05, 0.1) is 68.8 Å². The fraction of sp³-hybridized carbons (Fsp3) is 1.00. The molecular weight excluding hydrogens is 611 g/mol. The van der Waals surface area contributed by atoms with E-state index >= 15 is 0 Å². The van der Waals surface area contributed by atoms with E-state index in [0.717, 1.165) is 41.3 Å². The number of quaternary nitrogens is 2. The van der Waals surface area contributed by atoms with Crippen LogP contribution in [-0.2, 0) is 9.09 Å². The van der Waals surface area contributed by atoms with Crippen LogP contribution in [-0.4, -0.2) is 93.4 Å². The van der Waals surface area contributed by atoms with Gasteiger partial charge in [0.1, 0.15) is 0 Å². The summed E-state index contributed by atoms with van der Waals surface area (Å²) in [5.41, 5.74) is 0. The van der Waals surface area contributed by atoms with Crippen LogP contribution in [0.1, 0.15) is 175 Å². The zero-order valence-corrected chi connectivity index (χ0v) is 33.7. The lowest BCUT2D eigenvalue weighted by atomic mass is 10.1. The molecule has 9 heteroatoms. The lowest BCUT2D eigenvalue weighted by molar-refractivity contribution is -0.890. The molecule has 0 fully saturated rings. The average molecular weight is 697 g/mol. The van der Waals surface area contributed by atoms with Crippen LogP contribution in [0.3, 0.4) is 0 Å². The van der Waals surface area contributed by atoms with Crippen LogP contribution in [0.25, 0.3) is 0 Å². The van der Waals surface area contributed by atoms with Gasteiger partial charge in [0.2, 0.25) is 0 Å².